The summed E-state index contributed by atoms with van der Waals surface area (Å²) in [6.45, 7) is 0.305. The maximum absolute atomic E-state index is 12.2. The molecule has 4 rings (SSSR count). The molecule has 7 heteroatoms. The van der Waals surface area contributed by atoms with E-state index in [1.54, 1.807) is 18.2 Å². The summed E-state index contributed by atoms with van der Waals surface area (Å²) in [5.41, 5.74) is 2.78. The standard InChI is InChI=1S/C23H17Cl2N3O2/c24-17-10-9-16(20(25)13-17)14-30-19-8-4-5-15(11-19)12-21-22(29)28-23(27-21)26-18-6-2-1-3-7-18/h1-13H,14H2,(H2,26,27,28,29)/b21-12-. The number of aliphatic imine (C=N–C) groups is 1. The number of ether oxygens (including phenoxy) is 1. The molecule has 150 valence electrons. The number of para-hydroxylation sites is 1. The van der Waals surface area contributed by atoms with E-state index in [9.17, 15) is 4.79 Å². The number of benzene rings is 3. The number of carbonyl (C=O) groups is 1. The number of anilines is 1. The molecule has 0 atom stereocenters. The Morgan fingerprint density at radius 3 is 2.63 bits per heavy atom. The van der Waals surface area contributed by atoms with Crippen molar-refractivity contribution in [2.45, 2.75) is 6.61 Å². The average molecular weight is 438 g/mol. The van der Waals surface area contributed by atoms with Crippen molar-refractivity contribution in [2.75, 3.05) is 5.32 Å². The third-order valence-electron chi connectivity index (χ3n) is 4.30. The van der Waals surface area contributed by atoms with Crippen LogP contribution in [0.4, 0.5) is 5.69 Å². The second kappa shape index (κ2) is 9.03. The third-order valence-corrected chi connectivity index (χ3v) is 4.89. The predicted octanol–water partition coefficient (Wildman–Crippen LogP) is 5.51. The first-order valence-corrected chi connectivity index (χ1v) is 9.93. The molecule has 0 saturated carbocycles. The van der Waals surface area contributed by atoms with Crippen molar-refractivity contribution in [1.82, 2.24) is 5.32 Å². The number of guanidine groups is 1. The second-order valence-corrected chi connectivity index (χ2v) is 7.38. The van der Waals surface area contributed by atoms with Gasteiger partial charge in [0.2, 0.25) is 5.96 Å². The monoisotopic (exact) mass is 437 g/mol. The second-order valence-electron chi connectivity index (χ2n) is 6.53. The topological polar surface area (TPSA) is 62.7 Å². The van der Waals surface area contributed by atoms with Crippen molar-refractivity contribution < 1.29 is 9.53 Å². The molecule has 30 heavy (non-hydrogen) atoms. The lowest BCUT2D eigenvalue weighted by molar-refractivity contribution is -0.115. The summed E-state index contributed by atoms with van der Waals surface area (Å²) in [6.07, 6.45) is 1.71. The molecule has 0 bridgehead atoms. The number of nitrogens with zero attached hydrogens (tertiary/aromatic N) is 1. The Labute approximate surface area is 184 Å². The first-order valence-electron chi connectivity index (χ1n) is 9.17. The number of rotatable bonds is 5. The minimum Gasteiger partial charge on any atom is -0.489 e. The normalized spacial score (nSPS) is 14.4. The number of hydrogen-bond acceptors (Lipinski definition) is 4. The summed E-state index contributed by atoms with van der Waals surface area (Å²) >= 11 is 12.1. The molecule has 3 aromatic rings. The van der Waals surface area contributed by atoms with E-state index < -0.39 is 0 Å². The zero-order valence-electron chi connectivity index (χ0n) is 15.7. The van der Waals surface area contributed by atoms with Crippen LogP contribution in [0.25, 0.3) is 6.08 Å². The highest BCUT2D eigenvalue weighted by Gasteiger charge is 2.20. The van der Waals surface area contributed by atoms with Gasteiger partial charge in [0, 0.05) is 21.3 Å². The quantitative estimate of drug-likeness (QED) is 0.517. The average Bonchev–Trinajstić information content (AvgIpc) is 3.07. The molecule has 1 heterocycles. The predicted molar refractivity (Wildman–Crippen MR) is 121 cm³/mol. The molecule has 0 spiro atoms. The summed E-state index contributed by atoms with van der Waals surface area (Å²) in [5, 5.41) is 6.93. The van der Waals surface area contributed by atoms with Crippen molar-refractivity contribution in [3.05, 3.63) is 99.7 Å². The van der Waals surface area contributed by atoms with Gasteiger partial charge in [0.1, 0.15) is 18.1 Å². The van der Waals surface area contributed by atoms with E-state index in [4.69, 9.17) is 27.9 Å². The van der Waals surface area contributed by atoms with Crippen molar-refractivity contribution in [3.8, 4) is 5.75 Å². The highest BCUT2D eigenvalue weighted by atomic mass is 35.5. The van der Waals surface area contributed by atoms with Crippen molar-refractivity contribution in [2.24, 2.45) is 4.99 Å². The number of carbonyl (C=O) groups excluding carboxylic acids is 1. The molecule has 0 aromatic heterocycles. The van der Waals surface area contributed by atoms with Gasteiger partial charge in [0.15, 0.2) is 0 Å². The molecule has 0 saturated heterocycles. The van der Waals surface area contributed by atoms with Gasteiger partial charge in [0.25, 0.3) is 5.91 Å². The first-order chi connectivity index (χ1) is 14.6. The van der Waals surface area contributed by atoms with E-state index >= 15 is 0 Å². The molecule has 2 N–H and O–H groups in total. The minimum atomic E-state index is -0.271. The summed E-state index contributed by atoms with van der Waals surface area (Å²) < 4.78 is 5.84. The van der Waals surface area contributed by atoms with Gasteiger partial charge in [-0.2, -0.15) is 0 Å². The van der Waals surface area contributed by atoms with E-state index in [1.165, 1.54) is 0 Å². The first kappa shape index (κ1) is 20.0. The highest BCUT2D eigenvalue weighted by molar-refractivity contribution is 6.35. The van der Waals surface area contributed by atoms with E-state index in [0.29, 0.717) is 34.1 Å². The number of nitrogens with one attached hydrogen (secondary N) is 2. The Bertz CT molecular complexity index is 1140. The molecule has 5 nitrogen and oxygen atoms in total. The van der Waals surface area contributed by atoms with Crippen LogP contribution in [0.1, 0.15) is 11.1 Å². The third kappa shape index (κ3) is 5.00. The van der Waals surface area contributed by atoms with Crippen LogP contribution < -0.4 is 15.4 Å². The number of amides is 1. The zero-order chi connectivity index (χ0) is 20.9. The molecular weight excluding hydrogens is 421 g/mol. The summed E-state index contributed by atoms with van der Waals surface area (Å²) in [5.74, 6) is 0.773. The lowest BCUT2D eigenvalue weighted by atomic mass is 10.2. The minimum absolute atomic E-state index is 0.271. The van der Waals surface area contributed by atoms with Crippen LogP contribution in [0.2, 0.25) is 10.0 Å². The van der Waals surface area contributed by atoms with Crippen LogP contribution in [-0.2, 0) is 11.4 Å². The smallest absolute Gasteiger partial charge is 0.276 e. The van der Waals surface area contributed by atoms with Crippen LogP contribution >= 0.6 is 23.2 Å². The maximum Gasteiger partial charge on any atom is 0.276 e. The van der Waals surface area contributed by atoms with Crippen LogP contribution in [0, 0.1) is 0 Å². The summed E-state index contributed by atoms with van der Waals surface area (Å²) in [4.78, 5) is 16.6. The molecule has 1 aliphatic heterocycles. The lowest BCUT2D eigenvalue weighted by Crippen LogP contribution is -2.29. The van der Waals surface area contributed by atoms with Crippen molar-refractivity contribution >= 4 is 46.8 Å². The number of halogens is 2. The van der Waals surface area contributed by atoms with Gasteiger partial charge in [0.05, 0.1) is 0 Å². The van der Waals surface area contributed by atoms with E-state index in [0.717, 1.165) is 16.8 Å². The fourth-order valence-electron chi connectivity index (χ4n) is 2.84. The van der Waals surface area contributed by atoms with E-state index in [-0.39, 0.29) is 5.91 Å². The fraction of sp³-hybridized carbons (Fsp3) is 0.0435. The number of hydrogen-bond donors (Lipinski definition) is 2. The van der Waals surface area contributed by atoms with Crippen LogP contribution in [0.5, 0.6) is 5.75 Å². The molecular formula is C23H17Cl2N3O2. The highest BCUT2D eigenvalue weighted by Crippen LogP contribution is 2.24. The molecule has 1 amide bonds. The molecule has 0 radical (unpaired) electrons. The zero-order valence-corrected chi connectivity index (χ0v) is 17.2. The fourth-order valence-corrected chi connectivity index (χ4v) is 3.30. The van der Waals surface area contributed by atoms with Gasteiger partial charge >= 0.3 is 0 Å². The Morgan fingerprint density at radius 1 is 1.00 bits per heavy atom. The maximum atomic E-state index is 12.2. The van der Waals surface area contributed by atoms with Gasteiger partial charge in [-0.3, -0.25) is 10.1 Å². The van der Waals surface area contributed by atoms with Crippen molar-refractivity contribution in [3.63, 3.8) is 0 Å². The Hall–Kier alpha value is -3.28. The van der Waals surface area contributed by atoms with Gasteiger partial charge in [-0.25, -0.2) is 4.99 Å². The van der Waals surface area contributed by atoms with Gasteiger partial charge in [-0.1, -0.05) is 59.6 Å². The van der Waals surface area contributed by atoms with Crippen LogP contribution in [-0.4, -0.2) is 11.9 Å². The molecule has 0 aliphatic carbocycles. The van der Waals surface area contributed by atoms with Crippen LogP contribution in [0.15, 0.2) is 83.5 Å². The summed E-state index contributed by atoms with van der Waals surface area (Å²) in [6, 6.07) is 22.2. The Kier molecular flexibility index (Phi) is 6.02. The van der Waals surface area contributed by atoms with Gasteiger partial charge in [-0.15, -0.1) is 0 Å². The van der Waals surface area contributed by atoms with E-state index in [2.05, 4.69) is 15.6 Å². The Morgan fingerprint density at radius 2 is 1.83 bits per heavy atom. The molecule has 0 fully saturated rings. The van der Waals surface area contributed by atoms with Gasteiger partial charge in [-0.05, 0) is 48.0 Å². The largest absolute Gasteiger partial charge is 0.489 e. The van der Waals surface area contributed by atoms with Crippen molar-refractivity contribution in [1.29, 1.82) is 0 Å². The molecule has 0 unspecified atom stereocenters. The Balaban J connectivity index is 1.46. The lowest BCUT2D eigenvalue weighted by Gasteiger charge is -2.08. The summed E-state index contributed by atoms with van der Waals surface area (Å²) in [7, 11) is 0. The SMILES string of the molecule is O=C1NC(Nc2ccccc2)=N/C1=C\c1cccc(OCc2ccc(Cl)cc2Cl)c1. The van der Waals surface area contributed by atoms with Gasteiger partial charge < -0.3 is 10.1 Å². The molecule has 1 aliphatic rings. The van der Waals surface area contributed by atoms with Crippen LogP contribution in [0.3, 0.4) is 0 Å². The molecule has 3 aromatic carbocycles. The van der Waals surface area contributed by atoms with E-state index in [1.807, 2.05) is 60.7 Å².